The highest BCUT2D eigenvalue weighted by molar-refractivity contribution is 5.88. The second kappa shape index (κ2) is 6.99. The minimum atomic E-state index is -0.162. The number of phenols is 2. The Bertz CT molecular complexity index is 1610. The first-order valence-corrected chi connectivity index (χ1v) is 10.2. The largest absolute Gasteiger partial charge is 0.504 e. The smallest absolute Gasteiger partial charge is 0.158 e. The van der Waals surface area contributed by atoms with Crippen molar-refractivity contribution in [1.82, 2.24) is 19.9 Å². The molecule has 3 aromatic heterocycles. The van der Waals surface area contributed by atoms with Gasteiger partial charge in [0.1, 0.15) is 0 Å². The maximum Gasteiger partial charge on any atom is 0.158 e. The Balaban J connectivity index is 1.67. The fraction of sp³-hybridized carbons (Fsp3) is 0. The summed E-state index contributed by atoms with van der Waals surface area (Å²) < 4.78 is 0. The molecule has 0 unspecified atom stereocenters. The van der Waals surface area contributed by atoms with Crippen molar-refractivity contribution in [2.24, 2.45) is 0 Å². The van der Waals surface area contributed by atoms with E-state index in [4.69, 9.17) is 4.98 Å². The van der Waals surface area contributed by atoms with Crippen LogP contribution in [-0.2, 0) is 0 Å². The van der Waals surface area contributed by atoms with Crippen LogP contribution in [0.5, 0.6) is 11.5 Å². The standard InChI is InChI=1S/C26H18N4O2/c31-25-8-1-15(9-26(25)32)23-13-22-12-20-5-4-18(28-20)10-16-2-3-17(27-16)11-19-6-7-21(29-19)14-24(23)30-22/h1-14,27,30-32H. The van der Waals surface area contributed by atoms with E-state index in [0.717, 1.165) is 56.0 Å². The lowest BCUT2D eigenvalue weighted by Crippen LogP contribution is -1.78. The molecule has 0 saturated carbocycles. The number of fused-ring (bicyclic) bond motifs is 8. The van der Waals surface area contributed by atoms with Gasteiger partial charge in [-0.05, 0) is 84.5 Å². The van der Waals surface area contributed by atoms with Gasteiger partial charge in [0.2, 0.25) is 0 Å². The van der Waals surface area contributed by atoms with Crippen LogP contribution in [0.4, 0.5) is 0 Å². The number of phenolic OH excluding ortho intramolecular Hbond substituents is 2. The summed E-state index contributed by atoms with van der Waals surface area (Å²) in [5, 5.41) is 19.7. The van der Waals surface area contributed by atoms with Crippen molar-refractivity contribution >= 4 is 46.4 Å². The SMILES string of the molecule is Oc1ccc(-c2cc3cc4nc(cc5ccc(cc6nc(cc2[nH]3)C=C6)[nH]5)C=C4)cc1O. The van der Waals surface area contributed by atoms with Crippen molar-refractivity contribution in [2.45, 2.75) is 0 Å². The number of nitrogens with zero attached hydrogens (tertiary/aromatic N) is 2. The summed E-state index contributed by atoms with van der Waals surface area (Å²) in [5.74, 6) is -0.313. The quantitative estimate of drug-likeness (QED) is 0.256. The maximum atomic E-state index is 10.0. The van der Waals surface area contributed by atoms with E-state index in [9.17, 15) is 10.2 Å². The number of hydrogen-bond acceptors (Lipinski definition) is 4. The summed E-state index contributed by atoms with van der Waals surface area (Å²) in [5.41, 5.74) is 8.70. The number of H-pyrrole nitrogens is 2. The van der Waals surface area contributed by atoms with Gasteiger partial charge >= 0.3 is 0 Å². The van der Waals surface area contributed by atoms with Crippen LogP contribution < -0.4 is 0 Å². The van der Waals surface area contributed by atoms with Gasteiger partial charge in [-0.3, -0.25) is 0 Å². The number of benzene rings is 1. The van der Waals surface area contributed by atoms with Crippen LogP contribution >= 0.6 is 0 Å². The van der Waals surface area contributed by atoms with Crippen LogP contribution in [-0.4, -0.2) is 30.1 Å². The third-order valence-electron chi connectivity index (χ3n) is 5.46. The molecule has 5 heterocycles. The maximum absolute atomic E-state index is 10.0. The number of aromatic amines is 2. The van der Waals surface area contributed by atoms with Gasteiger partial charge in [0.15, 0.2) is 11.5 Å². The molecule has 6 heteroatoms. The fourth-order valence-corrected chi connectivity index (χ4v) is 3.95. The normalized spacial score (nSPS) is 12.4. The molecule has 0 amide bonds. The molecule has 0 spiro atoms. The summed E-state index contributed by atoms with van der Waals surface area (Å²) in [6.45, 7) is 0. The van der Waals surface area contributed by atoms with E-state index in [1.165, 1.54) is 6.07 Å². The second-order valence-electron chi connectivity index (χ2n) is 7.79. The van der Waals surface area contributed by atoms with Crippen LogP contribution in [0.25, 0.3) is 57.5 Å². The van der Waals surface area contributed by atoms with Gasteiger partial charge in [-0.1, -0.05) is 6.07 Å². The van der Waals surface area contributed by atoms with Crippen LogP contribution in [0, 0.1) is 0 Å². The minimum Gasteiger partial charge on any atom is -0.504 e. The lowest BCUT2D eigenvalue weighted by atomic mass is 10.1. The highest BCUT2D eigenvalue weighted by atomic mass is 16.3. The fourth-order valence-electron chi connectivity index (χ4n) is 3.95. The molecule has 6 rings (SSSR count). The number of hydrogen-bond donors (Lipinski definition) is 4. The van der Waals surface area contributed by atoms with Crippen molar-refractivity contribution < 1.29 is 10.2 Å². The Labute approximate surface area is 182 Å². The van der Waals surface area contributed by atoms with Gasteiger partial charge < -0.3 is 20.2 Å². The van der Waals surface area contributed by atoms with Crippen molar-refractivity contribution in [3.8, 4) is 22.6 Å². The topological polar surface area (TPSA) is 97.8 Å². The molecule has 0 fully saturated rings. The molecule has 0 aliphatic carbocycles. The predicted octanol–water partition coefficient (Wildman–Crippen LogP) is 5.73. The van der Waals surface area contributed by atoms with E-state index < -0.39 is 0 Å². The molecule has 0 radical (unpaired) electrons. The second-order valence-corrected chi connectivity index (χ2v) is 7.79. The van der Waals surface area contributed by atoms with E-state index in [1.807, 2.05) is 66.8 Å². The van der Waals surface area contributed by atoms with Gasteiger partial charge in [-0.25, -0.2) is 9.97 Å². The van der Waals surface area contributed by atoms with E-state index in [-0.39, 0.29) is 11.5 Å². The summed E-state index contributed by atoms with van der Waals surface area (Å²) >= 11 is 0. The van der Waals surface area contributed by atoms with E-state index in [2.05, 4.69) is 15.0 Å². The lowest BCUT2D eigenvalue weighted by molar-refractivity contribution is 0.404. The zero-order chi connectivity index (χ0) is 21.7. The zero-order valence-electron chi connectivity index (χ0n) is 16.9. The van der Waals surface area contributed by atoms with Crippen molar-refractivity contribution in [1.29, 1.82) is 0 Å². The first-order valence-electron chi connectivity index (χ1n) is 10.2. The molecule has 0 saturated heterocycles. The average molecular weight is 418 g/mol. The van der Waals surface area contributed by atoms with Crippen LogP contribution in [0.1, 0.15) is 22.8 Å². The van der Waals surface area contributed by atoms with Crippen LogP contribution in [0.15, 0.2) is 60.7 Å². The Morgan fingerprint density at radius 3 is 1.75 bits per heavy atom. The highest BCUT2D eigenvalue weighted by Gasteiger charge is 2.09. The molecular weight excluding hydrogens is 400 g/mol. The molecule has 2 aliphatic rings. The Hall–Kier alpha value is -4.58. The summed E-state index contributed by atoms with van der Waals surface area (Å²) in [4.78, 5) is 16.2. The van der Waals surface area contributed by atoms with Gasteiger partial charge in [-0.2, -0.15) is 0 Å². The molecule has 4 aromatic rings. The van der Waals surface area contributed by atoms with Crippen LogP contribution in [0.2, 0.25) is 0 Å². The molecule has 1 aromatic carbocycles. The van der Waals surface area contributed by atoms with Gasteiger partial charge in [0.25, 0.3) is 0 Å². The Morgan fingerprint density at radius 2 is 1.12 bits per heavy atom. The van der Waals surface area contributed by atoms with Gasteiger partial charge in [0.05, 0.1) is 22.8 Å². The summed E-state index contributed by atoms with van der Waals surface area (Å²) in [7, 11) is 0. The molecule has 8 bridgehead atoms. The average Bonchev–Trinajstić information content (AvgIpc) is 3.55. The van der Waals surface area contributed by atoms with E-state index in [0.29, 0.717) is 0 Å². The lowest BCUT2D eigenvalue weighted by Gasteiger charge is -2.02. The molecule has 6 nitrogen and oxygen atoms in total. The zero-order valence-corrected chi connectivity index (χ0v) is 16.9. The first-order chi connectivity index (χ1) is 15.6. The monoisotopic (exact) mass is 418 g/mol. The molecule has 4 N–H and O–H groups in total. The number of aromatic hydroxyl groups is 2. The first kappa shape index (κ1) is 18.2. The minimum absolute atomic E-state index is 0.151. The van der Waals surface area contributed by atoms with Gasteiger partial charge in [-0.15, -0.1) is 0 Å². The van der Waals surface area contributed by atoms with E-state index in [1.54, 1.807) is 12.1 Å². The molecule has 2 aliphatic heterocycles. The summed E-state index contributed by atoms with van der Waals surface area (Å²) in [6, 6.07) is 18.8. The highest BCUT2D eigenvalue weighted by Crippen LogP contribution is 2.33. The molecule has 0 atom stereocenters. The van der Waals surface area contributed by atoms with Gasteiger partial charge in [0, 0.05) is 27.6 Å². The molecular formula is C26H18N4O2. The van der Waals surface area contributed by atoms with Crippen molar-refractivity contribution in [2.75, 3.05) is 0 Å². The number of nitrogens with one attached hydrogen (secondary N) is 2. The third kappa shape index (κ3) is 3.33. The molecule has 154 valence electrons. The third-order valence-corrected chi connectivity index (χ3v) is 5.46. The summed E-state index contributed by atoms with van der Waals surface area (Å²) in [6.07, 6.45) is 7.89. The predicted molar refractivity (Wildman–Crippen MR) is 128 cm³/mol. The van der Waals surface area contributed by atoms with E-state index >= 15 is 0 Å². The van der Waals surface area contributed by atoms with Crippen molar-refractivity contribution in [3.05, 3.63) is 83.4 Å². The molecule has 32 heavy (non-hydrogen) atoms. The van der Waals surface area contributed by atoms with Crippen LogP contribution in [0.3, 0.4) is 0 Å². The Morgan fingerprint density at radius 1 is 0.531 bits per heavy atom. The number of aromatic nitrogens is 4. The van der Waals surface area contributed by atoms with Crippen molar-refractivity contribution in [3.63, 3.8) is 0 Å². The number of rotatable bonds is 1. The Kier molecular flexibility index (Phi) is 3.98.